The van der Waals surface area contributed by atoms with Gasteiger partial charge in [-0.25, -0.2) is 13.4 Å². The van der Waals surface area contributed by atoms with Gasteiger partial charge in [-0.2, -0.15) is 0 Å². The van der Waals surface area contributed by atoms with E-state index < -0.39 is 15.9 Å². The van der Waals surface area contributed by atoms with E-state index in [0.29, 0.717) is 29.4 Å². The number of thiazole rings is 1. The van der Waals surface area contributed by atoms with Crippen LogP contribution in [0.15, 0.2) is 54.2 Å². The molecule has 1 saturated carbocycles. The number of rotatable bonds is 8. The second-order valence-electron chi connectivity index (χ2n) is 7.95. The average molecular weight is 457 g/mol. The third-order valence-corrected chi connectivity index (χ3v) is 7.86. The molecule has 1 atom stereocenters. The predicted molar refractivity (Wildman–Crippen MR) is 124 cm³/mol. The summed E-state index contributed by atoms with van der Waals surface area (Å²) in [5.41, 5.74) is 3.27. The van der Waals surface area contributed by atoms with Gasteiger partial charge in [0.25, 0.3) is 0 Å². The van der Waals surface area contributed by atoms with Crippen LogP contribution in [0.2, 0.25) is 0 Å². The minimum absolute atomic E-state index is 0.00958. The zero-order valence-corrected chi connectivity index (χ0v) is 18.9. The van der Waals surface area contributed by atoms with Crippen molar-refractivity contribution in [1.82, 2.24) is 9.97 Å². The van der Waals surface area contributed by atoms with Crippen molar-refractivity contribution in [2.75, 3.05) is 10.0 Å². The molecule has 0 radical (unpaired) electrons. The zero-order valence-electron chi connectivity index (χ0n) is 17.3. The van der Waals surface area contributed by atoms with Crippen LogP contribution in [0.3, 0.4) is 0 Å². The number of nitrogens with zero attached hydrogens (tertiary/aromatic N) is 2. The third-order valence-electron chi connectivity index (χ3n) is 5.13. The molecule has 2 aromatic heterocycles. The quantitative estimate of drug-likeness (QED) is 0.520. The monoisotopic (exact) mass is 456 g/mol. The van der Waals surface area contributed by atoms with Gasteiger partial charge in [0.1, 0.15) is 0 Å². The highest BCUT2D eigenvalue weighted by atomic mass is 32.2. The number of aromatic nitrogens is 2. The van der Waals surface area contributed by atoms with E-state index in [1.165, 1.54) is 11.3 Å². The smallest absolute Gasteiger partial charge is 0.237 e. The summed E-state index contributed by atoms with van der Waals surface area (Å²) in [4.78, 5) is 21.6. The zero-order chi connectivity index (χ0) is 22.0. The van der Waals surface area contributed by atoms with E-state index in [4.69, 9.17) is 0 Å². The maximum absolute atomic E-state index is 13.0. The Morgan fingerprint density at radius 1 is 1.13 bits per heavy atom. The number of benzene rings is 1. The van der Waals surface area contributed by atoms with Gasteiger partial charge in [0.15, 0.2) is 5.13 Å². The summed E-state index contributed by atoms with van der Waals surface area (Å²) in [6, 6.07) is 11.4. The molecular weight excluding hydrogens is 432 g/mol. The van der Waals surface area contributed by atoms with Crippen LogP contribution in [-0.2, 0) is 14.8 Å². The Balaban J connectivity index is 1.47. The Labute approximate surface area is 186 Å². The Kier molecular flexibility index (Phi) is 6.06. The second kappa shape index (κ2) is 8.76. The van der Waals surface area contributed by atoms with Gasteiger partial charge in [-0.05, 0) is 48.1 Å². The lowest BCUT2D eigenvalue weighted by molar-refractivity contribution is -0.118. The highest BCUT2D eigenvalue weighted by Gasteiger charge is 2.36. The van der Waals surface area contributed by atoms with E-state index in [1.54, 1.807) is 17.8 Å². The van der Waals surface area contributed by atoms with Crippen molar-refractivity contribution >= 4 is 38.1 Å². The van der Waals surface area contributed by atoms with E-state index in [0.717, 1.165) is 11.1 Å². The molecule has 7 nitrogen and oxygen atoms in total. The van der Waals surface area contributed by atoms with E-state index in [-0.39, 0.29) is 17.1 Å². The van der Waals surface area contributed by atoms with Crippen LogP contribution in [0.25, 0.3) is 11.1 Å². The third kappa shape index (κ3) is 5.11. The highest BCUT2D eigenvalue weighted by molar-refractivity contribution is 7.93. The lowest BCUT2D eigenvalue weighted by atomic mass is 9.92. The Hall–Kier alpha value is -2.78. The maximum atomic E-state index is 13.0. The summed E-state index contributed by atoms with van der Waals surface area (Å²) in [5, 5.41) is 4.69. The van der Waals surface area contributed by atoms with Crippen LogP contribution in [0.4, 0.5) is 10.8 Å². The molecule has 2 N–H and O–H groups in total. The largest absolute Gasteiger partial charge is 0.326 e. The number of carbonyl (C=O) groups is 1. The van der Waals surface area contributed by atoms with Gasteiger partial charge in [0.2, 0.25) is 15.9 Å². The van der Waals surface area contributed by atoms with Crippen LogP contribution in [0.5, 0.6) is 0 Å². The lowest BCUT2D eigenvalue weighted by Gasteiger charge is -2.18. The van der Waals surface area contributed by atoms with E-state index >= 15 is 0 Å². The van der Waals surface area contributed by atoms with Crippen LogP contribution in [0, 0.1) is 5.92 Å². The first-order valence-corrected chi connectivity index (χ1v) is 12.5. The number of anilines is 2. The number of sulfonamides is 1. The average Bonchev–Trinajstić information content (AvgIpc) is 3.52. The fraction of sp³-hybridized carbons (Fsp3) is 0.318. The number of hydrogen-bond acceptors (Lipinski definition) is 6. The molecule has 0 saturated heterocycles. The minimum Gasteiger partial charge on any atom is -0.326 e. The molecule has 1 amide bonds. The standard InChI is InChI=1S/C22H24N4O3S2/c1-14(2)20(19-13-30-22(25-19)26-31(28,29)18-9-10-18)21(27)24-17-7-5-15(6-8-17)16-4-3-11-23-12-16/h3-8,11-14,18,20H,9-10H2,1-2H3,(H,24,27)(H,25,26). The van der Waals surface area contributed by atoms with Gasteiger partial charge in [-0.1, -0.05) is 32.0 Å². The second-order valence-corrected chi connectivity index (χ2v) is 10.8. The summed E-state index contributed by atoms with van der Waals surface area (Å²) in [6.45, 7) is 3.90. The fourth-order valence-corrected chi connectivity index (χ4v) is 5.68. The molecule has 0 aliphatic heterocycles. The first-order chi connectivity index (χ1) is 14.8. The molecule has 31 heavy (non-hydrogen) atoms. The van der Waals surface area contributed by atoms with E-state index in [1.807, 2.05) is 50.2 Å². The molecule has 1 unspecified atom stereocenters. The van der Waals surface area contributed by atoms with Gasteiger partial charge in [0, 0.05) is 23.5 Å². The van der Waals surface area contributed by atoms with Crippen LogP contribution >= 0.6 is 11.3 Å². The van der Waals surface area contributed by atoms with Gasteiger partial charge in [0.05, 0.1) is 16.9 Å². The van der Waals surface area contributed by atoms with Crippen LogP contribution < -0.4 is 10.0 Å². The van der Waals surface area contributed by atoms with E-state index in [2.05, 4.69) is 20.0 Å². The molecule has 162 valence electrons. The lowest BCUT2D eigenvalue weighted by Crippen LogP contribution is -2.25. The summed E-state index contributed by atoms with van der Waals surface area (Å²) in [7, 11) is -3.38. The molecule has 1 fully saturated rings. The molecule has 2 heterocycles. The molecule has 0 spiro atoms. The summed E-state index contributed by atoms with van der Waals surface area (Å²) in [6.07, 6.45) is 4.89. The predicted octanol–water partition coefficient (Wildman–Crippen LogP) is 4.49. The number of nitrogens with one attached hydrogen (secondary N) is 2. The highest BCUT2D eigenvalue weighted by Crippen LogP contribution is 2.33. The summed E-state index contributed by atoms with van der Waals surface area (Å²) < 4.78 is 26.9. The number of carbonyl (C=O) groups excluding carboxylic acids is 1. The number of pyridine rings is 1. The van der Waals surface area contributed by atoms with Crippen molar-refractivity contribution in [3.8, 4) is 11.1 Å². The number of amides is 1. The molecule has 4 rings (SSSR count). The van der Waals surface area contributed by atoms with Crippen molar-refractivity contribution in [3.05, 3.63) is 59.9 Å². The van der Waals surface area contributed by atoms with E-state index in [9.17, 15) is 13.2 Å². The number of hydrogen-bond donors (Lipinski definition) is 2. The Morgan fingerprint density at radius 2 is 1.87 bits per heavy atom. The molecule has 9 heteroatoms. The summed E-state index contributed by atoms with van der Waals surface area (Å²) in [5.74, 6) is -0.677. The van der Waals surface area contributed by atoms with Crippen molar-refractivity contribution in [1.29, 1.82) is 0 Å². The molecule has 1 aliphatic carbocycles. The van der Waals surface area contributed by atoms with Crippen molar-refractivity contribution < 1.29 is 13.2 Å². The SMILES string of the molecule is CC(C)C(C(=O)Nc1ccc(-c2cccnc2)cc1)c1csc(NS(=O)(=O)C2CC2)n1. The topological polar surface area (TPSA) is 101 Å². The van der Waals surface area contributed by atoms with Gasteiger partial charge >= 0.3 is 0 Å². The maximum Gasteiger partial charge on any atom is 0.237 e. The molecule has 3 aromatic rings. The molecule has 1 aromatic carbocycles. The molecule has 1 aliphatic rings. The first kappa shape index (κ1) is 21.5. The van der Waals surface area contributed by atoms with Crippen LogP contribution in [0.1, 0.15) is 38.3 Å². The van der Waals surface area contributed by atoms with Crippen molar-refractivity contribution in [2.45, 2.75) is 37.9 Å². The first-order valence-electron chi connectivity index (χ1n) is 10.1. The van der Waals surface area contributed by atoms with Crippen molar-refractivity contribution in [3.63, 3.8) is 0 Å². The van der Waals surface area contributed by atoms with Crippen LogP contribution in [-0.4, -0.2) is 29.5 Å². The normalized spacial score (nSPS) is 14.9. The molecular formula is C22H24N4O3S2. The minimum atomic E-state index is -3.38. The Bertz CT molecular complexity index is 1150. The Morgan fingerprint density at radius 3 is 2.48 bits per heavy atom. The fourth-order valence-electron chi connectivity index (χ4n) is 3.34. The van der Waals surface area contributed by atoms with Gasteiger partial charge in [-0.15, -0.1) is 11.3 Å². The van der Waals surface area contributed by atoms with Crippen molar-refractivity contribution in [2.24, 2.45) is 5.92 Å². The summed E-state index contributed by atoms with van der Waals surface area (Å²) >= 11 is 1.20. The van der Waals surface area contributed by atoms with Gasteiger partial charge in [-0.3, -0.25) is 14.5 Å². The molecule has 0 bridgehead atoms. The van der Waals surface area contributed by atoms with Gasteiger partial charge < -0.3 is 5.32 Å².